The minimum Gasteiger partial charge on any atom is -0.0622 e. The lowest BCUT2D eigenvalue weighted by atomic mass is 9.80. The number of hydrogen-bond donors (Lipinski definition) is 0. The van der Waals surface area contributed by atoms with Crippen molar-refractivity contribution in [1.82, 2.24) is 0 Å². The Hall–Kier alpha value is -4.42. The maximum Gasteiger partial charge on any atom is 0.0159 e. The average Bonchev–Trinajstić information content (AvgIpc) is 3.21. The predicted molar refractivity (Wildman–Crippen MR) is 177 cm³/mol. The summed E-state index contributed by atoms with van der Waals surface area (Å²) in [6.45, 7) is 11.7. The Morgan fingerprint density at radius 2 is 1.02 bits per heavy atom. The van der Waals surface area contributed by atoms with Gasteiger partial charge in [-0.25, -0.2) is 0 Å². The van der Waals surface area contributed by atoms with E-state index in [9.17, 15) is 0 Å². The Balaban J connectivity index is 1.30. The molecule has 7 aromatic carbocycles. The highest BCUT2D eigenvalue weighted by molar-refractivity contribution is 6.25. The minimum atomic E-state index is -0.0708. The highest BCUT2D eigenvalue weighted by Gasteiger charge is 2.36. The van der Waals surface area contributed by atoms with Gasteiger partial charge in [0.1, 0.15) is 0 Å². The number of rotatable bonds is 2. The van der Waals surface area contributed by atoms with E-state index in [0.29, 0.717) is 0 Å². The van der Waals surface area contributed by atoms with Gasteiger partial charge in [-0.05, 0) is 99.9 Å². The Morgan fingerprint density at radius 1 is 0.463 bits per heavy atom. The smallest absolute Gasteiger partial charge is 0.0159 e. The van der Waals surface area contributed by atoms with Gasteiger partial charge in [-0.3, -0.25) is 0 Å². The highest BCUT2D eigenvalue weighted by atomic mass is 14.4. The molecule has 0 aromatic heterocycles. The van der Waals surface area contributed by atoms with E-state index < -0.39 is 0 Å². The summed E-state index contributed by atoms with van der Waals surface area (Å²) < 4.78 is 0. The summed E-state index contributed by atoms with van der Waals surface area (Å²) in [4.78, 5) is 0. The SMILES string of the molecule is CC(C)(C)c1cc2ccc3ccc(-c4ccc5c(c4)C(C)(C)c4cc(-c6ccccc6)ccc4-5)c4ccc(c1)c2c34. The fraction of sp³-hybridized carbons (Fsp3) is 0.171. The van der Waals surface area contributed by atoms with Crippen LogP contribution in [0.3, 0.4) is 0 Å². The van der Waals surface area contributed by atoms with Gasteiger partial charge in [0.15, 0.2) is 0 Å². The van der Waals surface area contributed by atoms with Gasteiger partial charge >= 0.3 is 0 Å². The van der Waals surface area contributed by atoms with Crippen molar-refractivity contribution in [2.75, 3.05) is 0 Å². The van der Waals surface area contributed by atoms with Crippen molar-refractivity contribution in [1.29, 1.82) is 0 Å². The highest BCUT2D eigenvalue weighted by Crippen LogP contribution is 2.51. The monoisotopic (exact) mass is 526 g/mol. The molecule has 0 spiro atoms. The molecule has 0 unspecified atom stereocenters. The van der Waals surface area contributed by atoms with E-state index in [1.54, 1.807) is 0 Å². The zero-order valence-corrected chi connectivity index (χ0v) is 24.5. The summed E-state index contributed by atoms with van der Waals surface area (Å²) in [6.07, 6.45) is 0. The summed E-state index contributed by atoms with van der Waals surface area (Å²) >= 11 is 0. The molecule has 0 saturated carbocycles. The fourth-order valence-electron chi connectivity index (χ4n) is 7.22. The second kappa shape index (κ2) is 8.30. The molecule has 0 nitrogen and oxygen atoms in total. The molecule has 198 valence electrons. The molecule has 41 heavy (non-hydrogen) atoms. The fourth-order valence-corrected chi connectivity index (χ4v) is 7.22. The van der Waals surface area contributed by atoms with E-state index >= 15 is 0 Å². The first-order valence-corrected chi connectivity index (χ1v) is 14.8. The molecule has 0 saturated heterocycles. The molecule has 1 aliphatic carbocycles. The van der Waals surface area contributed by atoms with E-state index in [1.165, 1.54) is 82.4 Å². The molecule has 1 aliphatic rings. The first-order valence-electron chi connectivity index (χ1n) is 14.8. The van der Waals surface area contributed by atoms with Crippen molar-refractivity contribution in [3.8, 4) is 33.4 Å². The second-order valence-electron chi connectivity index (χ2n) is 13.4. The second-order valence-corrected chi connectivity index (χ2v) is 13.4. The summed E-state index contributed by atoms with van der Waals surface area (Å²) in [5, 5.41) is 8.09. The van der Waals surface area contributed by atoms with Gasteiger partial charge in [-0.2, -0.15) is 0 Å². The number of benzene rings is 7. The number of hydrogen-bond acceptors (Lipinski definition) is 0. The van der Waals surface area contributed by atoms with Crippen LogP contribution in [0.4, 0.5) is 0 Å². The molecular formula is C41H34. The molecule has 0 N–H and O–H groups in total. The van der Waals surface area contributed by atoms with Gasteiger partial charge in [0, 0.05) is 5.41 Å². The van der Waals surface area contributed by atoms with Crippen molar-refractivity contribution in [2.24, 2.45) is 0 Å². The third kappa shape index (κ3) is 3.53. The van der Waals surface area contributed by atoms with Crippen LogP contribution in [0.15, 0.2) is 115 Å². The van der Waals surface area contributed by atoms with Crippen LogP contribution in [0.5, 0.6) is 0 Å². The van der Waals surface area contributed by atoms with Crippen LogP contribution >= 0.6 is 0 Å². The maximum atomic E-state index is 2.46. The Bertz CT molecular complexity index is 2120. The molecule has 0 atom stereocenters. The zero-order valence-electron chi connectivity index (χ0n) is 24.5. The predicted octanol–water partition coefficient (Wildman–Crippen LogP) is 11.5. The van der Waals surface area contributed by atoms with Crippen molar-refractivity contribution in [3.63, 3.8) is 0 Å². The molecule has 0 radical (unpaired) electrons. The lowest BCUT2D eigenvalue weighted by Crippen LogP contribution is -2.15. The Morgan fingerprint density at radius 3 is 1.71 bits per heavy atom. The molecule has 0 aliphatic heterocycles. The van der Waals surface area contributed by atoms with E-state index in [4.69, 9.17) is 0 Å². The molecule has 0 bridgehead atoms. The maximum absolute atomic E-state index is 2.46. The van der Waals surface area contributed by atoms with Gasteiger partial charge in [-0.15, -0.1) is 0 Å². The lowest BCUT2D eigenvalue weighted by molar-refractivity contribution is 0.591. The molecule has 0 fully saturated rings. The van der Waals surface area contributed by atoms with Crippen molar-refractivity contribution in [3.05, 3.63) is 132 Å². The van der Waals surface area contributed by atoms with Crippen molar-refractivity contribution >= 4 is 32.3 Å². The normalized spacial score (nSPS) is 14.2. The molecule has 8 rings (SSSR count). The molecule has 7 aromatic rings. The van der Waals surface area contributed by atoms with Gasteiger partial charge in [-0.1, -0.05) is 138 Å². The van der Waals surface area contributed by atoms with Crippen LogP contribution in [0.25, 0.3) is 65.7 Å². The third-order valence-corrected chi connectivity index (χ3v) is 9.56. The van der Waals surface area contributed by atoms with Gasteiger partial charge in [0.2, 0.25) is 0 Å². The van der Waals surface area contributed by atoms with Crippen LogP contribution in [-0.4, -0.2) is 0 Å². The van der Waals surface area contributed by atoms with Crippen LogP contribution in [0.2, 0.25) is 0 Å². The molecule has 0 amide bonds. The summed E-state index contributed by atoms with van der Waals surface area (Å²) in [6, 6.07) is 43.6. The van der Waals surface area contributed by atoms with Gasteiger partial charge in [0.05, 0.1) is 0 Å². The standard InChI is InChI=1S/C41H34/c1-40(2,3)31-21-29-12-11-26-13-17-32(35-20-16-30(22-31)38(29)39(26)35)28-15-19-34-33-18-14-27(25-9-7-6-8-10-25)23-36(33)41(4,5)37(34)24-28/h6-24H,1-5H3. The topological polar surface area (TPSA) is 0 Å². The average molecular weight is 527 g/mol. The van der Waals surface area contributed by atoms with Crippen LogP contribution in [0, 0.1) is 0 Å². The summed E-state index contributed by atoms with van der Waals surface area (Å²) in [7, 11) is 0. The first kappa shape index (κ1) is 24.4. The van der Waals surface area contributed by atoms with E-state index in [0.717, 1.165) is 0 Å². The van der Waals surface area contributed by atoms with E-state index in [-0.39, 0.29) is 10.8 Å². The summed E-state index contributed by atoms with van der Waals surface area (Å²) in [5.41, 5.74) is 12.1. The van der Waals surface area contributed by atoms with Crippen LogP contribution in [-0.2, 0) is 10.8 Å². The van der Waals surface area contributed by atoms with E-state index in [2.05, 4.69) is 150 Å². The van der Waals surface area contributed by atoms with Crippen LogP contribution in [0.1, 0.15) is 51.3 Å². The Kier molecular flexibility index (Phi) is 4.94. The van der Waals surface area contributed by atoms with Gasteiger partial charge in [0.25, 0.3) is 0 Å². The quantitative estimate of drug-likeness (QED) is 0.197. The third-order valence-electron chi connectivity index (χ3n) is 9.56. The van der Waals surface area contributed by atoms with Crippen LogP contribution < -0.4 is 0 Å². The zero-order chi connectivity index (χ0) is 28.1. The molecular weight excluding hydrogens is 492 g/mol. The summed E-state index contributed by atoms with van der Waals surface area (Å²) in [5.74, 6) is 0. The molecule has 0 heteroatoms. The van der Waals surface area contributed by atoms with Crippen molar-refractivity contribution in [2.45, 2.75) is 45.4 Å². The largest absolute Gasteiger partial charge is 0.0622 e. The van der Waals surface area contributed by atoms with Crippen molar-refractivity contribution < 1.29 is 0 Å². The molecule has 0 heterocycles. The van der Waals surface area contributed by atoms with E-state index in [1.807, 2.05) is 0 Å². The van der Waals surface area contributed by atoms with Gasteiger partial charge < -0.3 is 0 Å². The Labute approximate surface area is 242 Å². The number of fused-ring (bicyclic) bond motifs is 3. The first-order chi connectivity index (χ1) is 19.7. The minimum absolute atomic E-state index is 0.0708. The lowest BCUT2D eigenvalue weighted by Gasteiger charge is -2.23.